The smallest absolute Gasteiger partial charge is 0.119 e. The molecule has 1 fully saturated rings. The van der Waals surface area contributed by atoms with Crippen LogP contribution in [0.25, 0.3) is 0 Å². The average Bonchev–Trinajstić information content (AvgIpc) is 2.74. The zero-order valence-corrected chi connectivity index (χ0v) is 11.8. The molecular weight excluding hydrogens is 222 g/mol. The Hall–Kier alpha value is -1.02. The molecule has 100 valence electrons. The van der Waals surface area contributed by atoms with E-state index in [0.29, 0.717) is 11.5 Å². The molecule has 1 N–H and O–H groups in total. The number of rotatable bonds is 5. The molecule has 0 radical (unpaired) electrons. The summed E-state index contributed by atoms with van der Waals surface area (Å²) in [5.74, 6) is 1.00. The average molecular weight is 247 g/mol. The summed E-state index contributed by atoms with van der Waals surface area (Å²) in [5, 5.41) is 3.58. The van der Waals surface area contributed by atoms with Crippen molar-refractivity contribution in [3.63, 3.8) is 0 Å². The summed E-state index contributed by atoms with van der Waals surface area (Å²) < 4.78 is 5.61. The SMILES string of the molecule is CCNC1CCC(C)(c2cccc(OCC)c2)C1. The molecular formula is C16H25NO. The summed E-state index contributed by atoms with van der Waals surface area (Å²) in [7, 11) is 0. The molecule has 1 saturated carbocycles. The normalized spacial score (nSPS) is 27.4. The van der Waals surface area contributed by atoms with Crippen LogP contribution in [0.3, 0.4) is 0 Å². The Morgan fingerprint density at radius 2 is 2.22 bits per heavy atom. The van der Waals surface area contributed by atoms with Gasteiger partial charge in [-0.15, -0.1) is 0 Å². The fourth-order valence-corrected chi connectivity index (χ4v) is 3.09. The largest absolute Gasteiger partial charge is 0.494 e. The van der Waals surface area contributed by atoms with Crippen LogP contribution in [-0.4, -0.2) is 19.2 Å². The van der Waals surface area contributed by atoms with Crippen molar-refractivity contribution < 1.29 is 4.74 Å². The van der Waals surface area contributed by atoms with E-state index in [4.69, 9.17) is 4.74 Å². The van der Waals surface area contributed by atoms with Crippen molar-refractivity contribution in [1.29, 1.82) is 0 Å². The van der Waals surface area contributed by atoms with E-state index >= 15 is 0 Å². The van der Waals surface area contributed by atoms with E-state index in [1.54, 1.807) is 0 Å². The summed E-state index contributed by atoms with van der Waals surface area (Å²) in [6.07, 6.45) is 3.78. The van der Waals surface area contributed by atoms with Crippen LogP contribution in [0, 0.1) is 0 Å². The lowest BCUT2D eigenvalue weighted by molar-refractivity contribution is 0.338. The number of benzene rings is 1. The monoisotopic (exact) mass is 247 g/mol. The van der Waals surface area contributed by atoms with Gasteiger partial charge in [-0.1, -0.05) is 26.0 Å². The van der Waals surface area contributed by atoms with E-state index in [1.807, 2.05) is 13.0 Å². The third-order valence-corrected chi connectivity index (χ3v) is 4.08. The van der Waals surface area contributed by atoms with E-state index in [2.05, 4.69) is 37.4 Å². The molecule has 0 amide bonds. The summed E-state index contributed by atoms with van der Waals surface area (Å²) in [6, 6.07) is 9.31. The van der Waals surface area contributed by atoms with Gasteiger partial charge in [0.05, 0.1) is 6.61 Å². The van der Waals surface area contributed by atoms with Crippen molar-refractivity contribution in [2.24, 2.45) is 0 Å². The van der Waals surface area contributed by atoms with Gasteiger partial charge in [0.25, 0.3) is 0 Å². The lowest BCUT2D eigenvalue weighted by atomic mass is 9.81. The Balaban J connectivity index is 2.13. The highest BCUT2D eigenvalue weighted by Crippen LogP contribution is 2.41. The molecule has 2 atom stereocenters. The van der Waals surface area contributed by atoms with Crippen LogP contribution in [0.4, 0.5) is 0 Å². The Morgan fingerprint density at radius 1 is 1.39 bits per heavy atom. The Kier molecular flexibility index (Phi) is 4.28. The van der Waals surface area contributed by atoms with Crippen LogP contribution in [0.15, 0.2) is 24.3 Å². The van der Waals surface area contributed by atoms with Gasteiger partial charge < -0.3 is 10.1 Å². The second-order valence-corrected chi connectivity index (χ2v) is 5.52. The lowest BCUT2D eigenvalue weighted by Crippen LogP contribution is -2.28. The van der Waals surface area contributed by atoms with Gasteiger partial charge in [-0.05, 0) is 55.8 Å². The zero-order chi connectivity index (χ0) is 13.0. The van der Waals surface area contributed by atoms with Crippen molar-refractivity contribution in [2.45, 2.75) is 51.5 Å². The molecule has 2 rings (SSSR count). The van der Waals surface area contributed by atoms with E-state index < -0.39 is 0 Å². The van der Waals surface area contributed by atoms with Crippen molar-refractivity contribution in [3.05, 3.63) is 29.8 Å². The van der Waals surface area contributed by atoms with Crippen molar-refractivity contribution in [3.8, 4) is 5.75 Å². The molecule has 2 nitrogen and oxygen atoms in total. The van der Waals surface area contributed by atoms with Gasteiger partial charge in [0.2, 0.25) is 0 Å². The number of nitrogens with one attached hydrogen (secondary N) is 1. The Labute approximate surface area is 111 Å². The fourth-order valence-electron chi connectivity index (χ4n) is 3.09. The first-order valence-corrected chi connectivity index (χ1v) is 7.14. The highest BCUT2D eigenvalue weighted by atomic mass is 16.5. The van der Waals surface area contributed by atoms with Crippen molar-refractivity contribution >= 4 is 0 Å². The van der Waals surface area contributed by atoms with E-state index in [9.17, 15) is 0 Å². The maximum atomic E-state index is 5.61. The van der Waals surface area contributed by atoms with Gasteiger partial charge in [-0.25, -0.2) is 0 Å². The molecule has 2 unspecified atom stereocenters. The second kappa shape index (κ2) is 5.75. The highest BCUT2D eigenvalue weighted by molar-refractivity contribution is 5.34. The molecule has 1 aliphatic carbocycles. The molecule has 0 aliphatic heterocycles. The van der Waals surface area contributed by atoms with Crippen LogP contribution in [0.5, 0.6) is 5.75 Å². The predicted molar refractivity (Wildman–Crippen MR) is 76.3 cm³/mol. The van der Waals surface area contributed by atoms with Gasteiger partial charge in [-0.2, -0.15) is 0 Å². The third kappa shape index (κ3) is 2.86. The van der Waals surface area contributed by atoms with Crippen LogP contribution in [0.2, 0.25) is 0 Å². The van der Waals surface area contributed by atoms with Gasteiger partial charge in [-0.3, -0.25) is 0 Å². The molecule has 0 heterocycles. The van der Waals surface area contributed by atoms with E-state index in [1.165, 1.54) is 24.8 Å². The fraction of sp³-hybridized carbons (Fsp3) is 0.625. The quantitative estimate of drug-likeness (QED) is 0.859. The molecule has 0 bridgehead atoms. The molecule has 0 aromatic heterocycles. The minimum Gasteiger partial charge on any atom is -0.494 e. The number of hydrogen-bond donors (Lipinski definition) is 1. The van der Waals surface area contributed by atoms with Crippen LogP contribution < -0.4 is 10.1 Å². The highest BCUT2D eigenvalue weighted by Gasteiger charge is 2.36. The number of hydrogen-bond acceptors (Lipinski definition) is 2. The van der Waals surface area contributed by atoms with Crippen LogP contribution >= 0.6 is 0 Å². The molecule has 1 aromatic rings. The molecule has 1 aromatic carbocycles. The summed E-state index contributed by atoms with van der Waals surface area (Å²) in [6.45, 7) is 8.41. The van der Waals surface area contributed by atoms with Crippen molar-refractivity contribution in [1.82, 2.24) is 5.32 Å². The maximum Gasteiger partial charge on any atom is 0.119 e. The second-order valence-electron chi connectivity index (χ2n) is 5.52. The summed E-state index contributed by atoms with van der Waals surface area (Å²) >= 11 is 0. The molecule has 0 spiro atoms. The molecule has 1 aliphatic rings. The van der Waals surface area contributed by atoms with Crippen LogP contribution in [-0.2, 0) is 5.41 Å². The predicted octanol–water partition coefficient (Wildman–Crippen LogP) is 3.51. The van der Waals surface area contributed by atoms with Gasteiger partial charge in [0.15, 0.2) is 0 Å². The first-order chi connectivity index (χ1) is 8.68. The molecule has 18 heavy (non-hydrogen) atoms. The lowest BCUT2D eigenvalue weighted by Gasteiger charge is -2.25. The Bertz CT molecular complexity index is 390. The minimum atomic E-state index is 0.306. The van der Waals surface area contributed by atoms with E-state index in [0.717, 1.165) is 18.9 Å². The summed E-state index contributed by atoms with van der Waals surface area (Å²) in [4.78, 5) is 0. The van der Waals surface area contributed by atoms with Gasteiger partial charge in [0.1, 0.15) is 5.75 Å². The van der Waals surface area contributed by atoms with Gasteiger partial charge >= 0.3 is 0 Å². The molecule has 2 heteroatoms. The first-order valence-electron chi connectivity index (χ1n) is 7.14. The Morgan fingerprint density at radius 3 is 2.94 bits per heavy atom. The maximum absolute atomic E-state index is 5.61. The standard InChI is InChI=1S/C16H25NO/c1-4-17-14-9-10-16(3,12-14)13-7-6-8-15(11-13)18-5-2/h6-8,11,14,17H,4-5,9-10,12H2,1-3H3. The summed E-state index contributed by atoms with van der Waals surface area (Å²) in [5.41, 5.74) is 1.73. The van der Waals surface area contributed by atoms with Crippen molar-refractivity contribution in [2.75, 3.05) is 13.2 Å². The number of ether oxygens (including phenoxy) is 1. The van der Waals surface area contributed by atoms with Gasteiger partial charge in [0, 0.05) is 6.04 Å². The van der Waals surface area contributed by atoms with E-state index in [-0.39, 0.29) is 0 Å². The molecule has 0 saturated heterocycles. The third-order valence-electron chi connectivity index (χ3n) is 4.08. The topological polar surface area (TPSA) is 21.3 Å². The first kappa shape index (κ1) is 13.4. The minimum absolute atomic E-state index is 0.306. The van der Waals surface area contributed by atoms with Crippen LogP contribution in [0.1, 0.15) is 45.6 Å². The zero-order valence-electron chi connectivity index (χ0n) is 11.8.